The van der Waals surface area contributed by atoms with Gasteiger partial charge < -0.3 is 0 Å². The number of fused-ring (bicyclic) bond motifs is 3. The van der Waals surface area contributed by atoms with Crippen molar-refractivity contribution in [2.75, 3.05) is 25.9 Å². The highest BCUT2D eigenvalue weighted by atomic mass is 32.2. The van der Waals surface area contributed by atoms with Gasteiger partial charge in [-0.3, -0.25) is 4.90 Å². The number of hydrogen-bond acceptors (Lipinski definition) is 3. The van der Waals surface area contributed by atoms with Crippen LogP contribution >= 0.6 is 0 Å². The number of benzene rings is 1. The molecule has 0 aromatic heterocycles. The normalized spacial score (nSPS) is 26.4. The van der Waals surface area contributed by atoms with Crippen molar-refractivity contribution in [2.45, 2.75) is 38.3 Å². The number of rotatable bonds is 3. The Labute approximate surface area is 127 Å². The summed E-state index contributed by atoms with van der Waals surface area (Å²) in [5, 5.41) is 0. The standard InChI is InChI=1S/C16H24N2O2S/c1-3-21(19,20)17(2)14-9-11-18-10-8-13-6-4-5-7-15(13)16(18)12-14/h4-7,14,16H,3,8-12H2,1-2H3/t14-,16+/m1/s1. The average molecular weight is 308 g/mol. The fourth-order valence-corrected chi connectivity index (χ4v) is 4.75. The molecule has 21 heavy (non-hydrogen) atoms. The minimum absolute atomic E-state index is 0.127. The smallest absolute Gasteiger partial charge is 0.213 e. The molecule has 2 heterocycles. The summed E-state index contributed by atoms with van der Waals surface area (Å²) in [6.45, 7) is 3.81. The lowest BCUT2D eigenvalue weighted by atomic mass is 9.85. The summed E-state index contributed by atoms with van der Waals surface area (Å²) in [5.74, 6) is 0.185. The van der Waals surface area contributed by atoms with E-state index in [1.165, 1.54) is 11.1 Å². The van der Waals surface area contributed by atoms with E-state index in [9.17, 15) is 8.42 Å². The molecule has 1 saturated heterocycles. The quantitative estimate of drug-likeness (QED) is 0.858. The summed E-state index contributed by atoms with van der Waals surface area (Å²) < 4.78 is 25.8. The van der Waals surface area contributed by atoms with Crippen LogP contribution in [0, 0.1) is 0 Å². The zero-order valence-corrected chi connectivity index (χ0v) is 13.6. The van der Waals surface area contributed by atoms with Gasteiger partial charge in [0.15, 0.2) is 0 Å². The van der Waals surface area contributed by atoms with E-state index in [1.807, 2.05) is 0 Å². The summed E-state index contributed by atoms with van der Waals surface area (Å²) >= 11 is 0. The van der Waals surface area contributed by atoms with Gasteiger partial charge in [0.25, 0.3) is 0 Å². The van der Waals surface area contributed by atoms with Crippen LogP contribution in [0.1, 0.15) is 36.9 Å². The van der Waals surface area contributed by atoms with Crippen molar-refractivity contribution in [1.29, 1.82) is 0 Å². The lowest BCUT2D eigenvalue weighted by molar-refractivity contribution is 0.0970. The molecule has 0 aliphatic carbocycles. The van der Waals surface area contributed by atoms with Crippen molar-refractivity contribution in [3.8, 4) is 0 Å². The average Bonchev–Trinajstić information content (AvgIpc) is 2.53. The van der Waals surface area contributed by atoms with Crippen LogP contribution in [0.25, 0.3) is 0 Å². The first-order valence-corrected chi connectivity index (χ1v) is 9.41. The van der Waals surface area contributed by atoms with Crippen molar-refractivity contribution in [3.63, 3.8) is 0 Å². The second kappa shape index (κ2) is 5.71. The lowest BCUT2D eigenvalue weighted by Gasteiger charge is -2.45. The Hall–Kier alpha value is -0.910. The Morgan fingerprint density at radius 1 is 1.29 bits per heavy atom. The van der Waals surface area contributed by atoms with Crippen molar-refractivity contribution in [1.82, 2.24) is 9.21 Å². The molecule has 3 rings (SSSR count). The molecule has 0 N–H and O–H groups in total. The zero-order chi connectivity index (χ0) is 15.0. The first kappa shape index (κ1) is 15.0. The van der Waals surface area contributed by atoms with Gasteiger partial charge in [-0.2, -0.15) is 0 Å². The molecule has 116 valence electrons. The van der Waals surface area contributed by atoms with E-state index in [-0.39, 0.29) is 11.8 Å². The second-order valence-corrected chi connectivity index (χ2v) is 8.41. The fourth-order valence-electron chi connectivity index (χ4n) is 3.70. The van der Waals surface area contributed by atoms with Gasteiger partial charge in [0, 0.05) is 32.2 Å². The molecule has 4 nitrogen and oxygen atoms in total. The summed E-state index contributed by atoms with van der Waals surface area (Å²) in [6.07, 6.45) is 2.96. The van der Waals surface area contributed by atoms with E-state index in [1.54, 1.807) is 18.3 Å². The molecule has 0 bridgehead atoms. The number of nitrogens with zero attached hydrogens (tertiary/aromatic N) is 2. The van der Waals surface area contributed by atoms with Gasteiger partial charge in [0.05, 0.1) is 5.75 Å². The third-order valence-electron chi connectivity index (χ3n) is 5.09. The molecule has 1 aromatic carbocycles. The Morgan fingerprint density at radius 3 is 2.81 bits per heavy atom. The summed E-state index contributed by atoms with van der Waals surface area (Å²) in [4.78, 5) is 2.52. The Morgan fingerprint density at radius 2 is 2.05 bits per heavy atom. The molecule has 1 aromatic rings. The minimum atomic E-state index is -3.10. The molecular weight excluding hydrogens is 284 g/mol. The predicted molar refractivity (Wildman–Crippen MR) is 84.7 cm³/mol. The first-order valence-electron chi connectivity index (χ1n) is 7.80. The van der Waals surface area contributed by atoms with Crippen molar-refractivity contribution >= 4 is 10.0 Å². The van der Waals surface area contributed by atoms with Gasteiger partial charge in [-0.05, 0) is 37.3 Å². The molecule has 2 aliphatic heterocycles. The highest BCUT2D eigenvalue weighted by molar-refractivity contribution is 7.89. The van der Waals surface area contributed by atoms with Crippen molar-refractivity contribution in [2.24, 2.45) is 0 Å². The van der Waals surface area contributed by atoms with Gasteiger partial charge in [-0.15, -0.1) is 0 Å². The Bertz CT molecular complexity index is 614. The van der Waals surface area contributed by atoms with Gasteiger partial charge in [0.2, 0.25) is 10.0 Å². The second-order valence-electron chi connectivity index (χ2n) is 6.10. The zero-order valence-electron chi connectivity index (χ0n) is 12.8. The lowest BCUT2D eigenvalue weighted by Crippen LogP contribution is -2.49. The van der Waals surface area contributed by atoms with Crippen LogP contribution in [0.15, 0.2) is 24.3 Å². The van der Waals surface area contributed by atoms with Crippen LogP contribution in [0.4, 0.5) is 0 Å². The molecule has 1 fully saturated rings. The molecule has 0 unspecified atom stereocenters. The van der Waals surface area contributed by atoms with Crippen LogP contribution in [0.3, 0.4) is 0 Å². The van der Waals surface area contributed by atoms with E-state index >= 15 is 0 Å². The van der Waals surface area contributed by atoms with Gasteiger partial charge in [-0.25, -0.2) is 12.7 Å². The van der Waals surface area contributed by atoms with Crippen molar-refractivity contribution < 1.29 is 8.42 Å². The molecule has 0 amide bonds. The topological polar surface area (TPSA) is 40.6 Å². The molecule has 0 spiro atoms. The maximum absolute atomic E-state index is 12.1. The van der Waals surface area contributed by atoms with Gasteiger partial charge in [0.1, 0.15) is 0 Å². The third-order valence-corrected chi connectivity index (χ3v) is 6.99. The molecule has 2 atom stereocenters. The molecule has 0 radical (unpaired) electrons. The molecule has 5 heteroatoms. The van der Waals surface area contributed by atoms with Crippen molar-refractivity contribution in [3.05, 3.63) is 35.4 Å². The number of sulfonamides is 1. The van der Waals surface area contributed by atoms with Crippen LogP contribution in [-0.2, 0) is 16.4 Å². The monoisotopic (exact) mass is 308 g/mol. The summed E-state index contributed by atoms with van der Waals surface area (Å²) in [7, 11) is -1.35. The van der Waals surface area contributed by atoms with E-state index in [0.717, 1.165) is 32.4 Å². The largest absolute Gasteiger partial charge is 0.296 e. The molecule has 0 saturated carbocycles. The van der Waals surface area contributed by atoms with Gasteiger partial charge in [-0.1, -0.05) is 24.3 Å². The fraction of sp³-hybridized carbons (Fsp3) is 0.625. The Kier molecular flexibility index (Phi) is 4.08. The number of hydrogen-bond donors (Lipinski definition) is 0. The summed E-state index contributed by atoms with van der Waals surface area (Å²) in [5.41, 5.74) is 2.83. The highest BCUT2D eigenvalue weighted by Crippen LogP contribution is 2.38. The maximum atomic E-state index is 12.1. The van der Waals surface area contributed by atoms with E-state index in [2.05, 4.69) is 29.2 Å². The maximum Gasteiger partial charge on any atom is 0.213 e. The van der Waals surface area contributed by atoms with E-state index in [4.69, 9.17) is 0 Å². The van der Waals surface area contributed by atoms with E-state index in [0.29, 0.717) is 6.04 Å². The first-order chi connectivity index (χ1) is 10.0. The van der Waals surface area contributed by atoms with Crippen LogP contribution < -0.4 is 0 Å². The predicted octanol–water partition coefficient (Wildman–Crippen LogP) is 2.03. The Balaban J connectivity index is 1.84. The molecular formula is C16H24N2O2S. The van der Waals surface area contributed by atoms with E-state index < -0.39 is 10.0 Å². The number of piperidine rings is 1. The molecule has 2 aliphatic rings. The SMILES string of the molecule is CCS(=O)(=O)N(C)[C@@H]1CCN2CCc3ccccc3[C@@H]2C1. The third kappa shape index (κ3) is 2.74. The summed E-state index contributed by atoms with van der Waals surface area (Å²) in [6, 6.07) is 9.12. The van der Waals surface area contributed by atoms with Crippen LogP contribution in [0.5, 0.6) is 0 Å². The van der Waals surface area contributed by atoms with Gasteiger partial charge >= 0.3 is 0 Å². The highest BCUT2D eigenvalue weighted by Gasteiger charge is 2.37. The van der Waals surface area contributed by atoms with Crippen LogP contribution in [-0.4, -0.2) is 49.6 Å². The van der Waals surface area contributed by atoms with Crippen LogP contribution in [0.2, 0.25) is 0 Å². The minimum Gasteiger partial charge on any atom is -0.296 e.